The largest absolute Gasteiger partial charge is 0.378 e. The summed E-state index contributed by atoms with van der Waals surface area (Å²) in [4.78, 5) is 18.8. The second kappa shape index (κ2) is 8.13. The van der Waals surface area contributed by atoms with E-state index in [1.54, 1.807) is 0 Å². The molecule has 1 fully saturated rings. The summed E-state index contributed by atoms with van der Waals surface area (Å²) in [6.45, 7) is 9.84. The number of hydrogen-bond donors (Lipinski definition) is 1. The van der Waals surface area contributed by atoms with Crippen LogP contribution in [0.5, 0.6) is 0 Å². The van der Waals surface area contributed by atoms with Gasteiger partial charge < -0.3 is 20.0 Å². The Kier molecular flexibility index (Phi) is 5.82. The Morgan fingerprint density at radius 2 is 1.46 bits per heavy atom. The van der Waals surface area contributed by atoms with Crippen LogP contribution in [0.4, 0.5) is 21.9 Å². The molecule has 28 heavy (non-hydrogen) atoms. The Labute approximate surface area is 168 Å². The molecule has 1 aliphatic heterocycles. The zero-order valence-electron chi connectivity index (χ0n) is 17.7. The zero-order chi connectivity index (χ0) is 20.3. The van der Waals surface area contributed by atoms with Gasteiger partial charge in [-0.2, -0.15) is 0 Å². The summed E-state index contributed by atoms with van der Waals surface area (Å²) in [5.74, 6) is 0. The zero-order valence-corrected chi connectivity index (χ0v) is 17.7. The summed E-state index contributed by atoms with van der Waals surface area (Å²) < 4.78 is 0. The fraction of sp³-hybridized carbons (Fsp3) is 0.435. The number of benzene rings is 2. The van der Waals surface area contributed by atoms with Gasteiger partial charge in [0.15, 0.2) is 0 Å². The van der Waals surface area contributed by atoms with E-state index in [1.807, 2.05) is 48.2 Å². The van der Waals surface area contributed by atoms with E-state index >= 15 is 0 Å². The van der Waals surface area contributed by atoms with Gasteiger partial charge >= 0.3 is 6.03 Å². The lowest BCUT2D eigenvalue weighted by Crippen LogP contribution is -2.50. The van der Waals surface area contributed by atoms with E-state index in [0.717, 1.165) is 37.6 Å². The third-order valence-corrected chi connectivity index (χ3v) is 5.30. The average molecular weight is 381 g/mol. The van der Waals surface area contributed by atoms with Crippen molar-refractivity contribution in [1.29, 1.82) is 0 Å². The van der Waals surface area contributed by atoms with Crippen molar-refractivity contribution in [2.24, 2.45) is 0 Å². The Morgan fingerprint density at radius 3 is 1.96 bits per heavy atom. The van der Waals surface area contributed by atoms with E-state index < -0.39 is 0 Å². The lowest BCUT2D eigenvalue weighted by atomic mass is 9.87. The summed E-state index contributed by atoms with van der Waals surface area (Å²) in [7, 11) is 4.01. The topological polar surface area (TPSA) is 38.8 Å². The number of piperazine rings is 1. The van der Waals surface area contributed by atoms with Crippen LogP contribution in [0.25, 0.3) is 0 Å². The molecule has 1 N–H and O–H groups in total. The molecule has 5 heteroatoms. The first-order chi connectivity index (χ1) is 13.2. The molecule has 0 spiro atoms. The van der Waals surface area contributed by atoms with Crippen LogP contribution in [-0.4, -0.2) is 51.2 Å². The first kappa shape index (κ1) is 20.1. The summed E-state index contributed by atoms with van der Waals surface area (Å²) in [5.41, 5.74) is 4.68. The molecular formula is C23H32N4O. The first-order valence-corrected chi connectivity index (χ1v) is 9.93. The van der Waals surface area contributed by atoms with Crippen LogP contribution in [0, 0.1) is 0 Å². The number of nitrogens with zero attached hydrogens (tertiary/aromatic N) is 3. The molecule has 0 saturated carbocycles. The van der Waals surface area contributed by atoms with Gasteiger partial charge in [0.1, 0.15) is 0 Å². The van der Waals surface area contributed by atoms with Gasteiger partial charge in [0.25, 0.3) is 0 Å². The highest BCUT2D eigenvalue weighted by molar-refractivity contribution is 5.89. The van der Waals surface area contributed by atoms with Crippen molar-refractivity contribution in [2.75, 3.05) is 55.4 Å². The number of carbonyl (C=O) groups excluding carboxylic acids is 1. The minimum absolute atomic E-state index is 0.0275. The maximum atomic E-state index is 12.6. The summed E-state index contributed by atoms with van der Waals surface area (Å²) in [6, 6.07) is 16.7. The van der Waals surface area contributed by atoms with Crippen molar-refractivity contribution < 1.29 is 4.79 Å². The van der Waals surface area contributed by atoms with Crippen LogP contribution in [-0.2, 0) is 5.41 Å². The van der Waals surface area contributed by atoms with Crippen molar-refractivity contribution in [2.45, 2.75) is 26.2 Å². The van der Waals surface area contributed by atoms with Crippen molar-refractivity contribution in [3.05, 3.63) is 54.1 Å². The van der Waals surface area contributed by atoms with Gasteiger partial charge in [-0.3, -0.25) is 0 Å². The van der Waals surface area contributed by atoms with Crippen LogP contribution in [0.3, 0.4) is 0 Å². The molecule has 0 atom stereocenters. The number of nitrogens with one attached hydrogen (secondary N) is 1. The van der Waals surface area contributed by atoms with Gasteiger partial charge in [0, 0.05) is 57.3 Å². The molecule has 0 aromatic heterocycles. The minimum atomic E-state index is -0.0275. The Morgan fingerprint density at radius 1 is 0.893 bits per heavy atom. The third kappa shape index (κ3) is 4.77. The number of rotatable bonds is 3. The van der Waals surface area contributed by atoms with E-state index in [0.29, 0.717) is 0 Å². The second-order valence-electron chi connectivity index (χ2n) is 8.64. The summed E-state index contributed by atoms with van der Waals surface area (Å²) >= 11 is 0. The number of amides is 2. The number of carbonyl (C=O) groups is 1. The van der Waals surface area contributed by atoms with Crippen molar-refractivity contribution in [3.8, 4) is 0 Å². The molecule has 3 rings (SSSR count). The quantitative estimate of drug-likeness (QED) is 0.858. The highest BCUT2D eigenvalue weighted by Gasteiger charge is 2.22. The second-order valence-corrected chi connectivity index (χ2v) is 8.64. The molecule has 1 aliphatic rings. The average Bonchev–Trinajstić information content (AvgIpc) is 2.68. The van der Waals surface area contributed by atoms with E-state index in [2.05, 4.69) is 55.3 Å². The van der Waals surface area contributed by atoms with Gasteiger partial charge in [-0.1, -0.05) is 32.9 Å². The molecule has 0 bridgehead atoms. The van der Waals surface area contributed by atoms with E-state index in [1.165, 1.54) is 11.3 Å². The Balaban J connectivity index is 1.53. The fourth-order valence-electron chi connectivity index (χ4n) is 3.39. The molecule has 0 radical (unpaired) electrons. The van der Waals surface area contributed by atoms with Gasteiger partial charge in [-0.25, -0.2) is 4.79 Å². The predicted molar refractivity (Wildman–Crippen MR) is 119 cm³/mol. The summed E-state index contributed by atoms with van der Waals surface area (Å²) in [6.07, 6.45) is 0. The van der Waals surface area contributed by atoms with E-state index in [4.69, 9.17) is 0 Å². The lowest BCUT2D eigenvalue weighted by Gasteiger charge is -2.36. The maximum absolute atomic E-state index is 12.6. The van der Waals surface area contributed by atoms with Gasteiger partial charge in [0.2, 0.25) is 0 Å². The van der Waals surface area contributed by atoms with Crippen LogP contribution < -0.4 is 15.1 Å². The number of hydrogen-bond acceptors (Lipinski definition) is 3. The molecular weight excluding hydrogens is 348 g/mol. The van der Waals surface area contributed by atoms with Gasteiger partial charge in [-0.15, -0.1) is 0 Å². The standard InChI is InChI=1S/C23H32N4O/c1-23(2,3)18-6-10-21(11-7-18)26-14-16-27(17-15-26)22(28)24-19-8-12-20(13-9-19)25(4)5/h6-13H,14-17H2,1-5H3,(H,24,28). The van der Waals surface area contributed by atoms with Gasteiger partial charge in [0.05, 0.1) is 0 Å². The molecule has 0 aliphatic carbocycles. The van der Waals surface area contributed by atoms with E-state index in [9.17, 15) is 4.79 Å². The smallest absolute Gasteiger partial charge is 0.321 e. The molecule has 5 nitrogen and oxygen atoms in total. The Hall–Kier alpha value is -2.69. The monoisotopic (exact) mass is 380 g/mol. The Bertz CT molecular complexity index is 783. The van der Waals surface area contributed by atoms with Crippen LogP contribution in [0.1, 0.15) is 26.3 Å². The molecule has 1 saturated heterocycles. The molecule has 2 aromatic rings. The minimum Gasteiger partial charge on any atom is -0.378 e. The third-order valence-electron chi connectivity index (χ3n) is 5.30. The SMILES string of the molecule is CN(C)c1ccc(NC(=O)N2CCN(c3ccc(C(C)(C)C)cc3)CC2)cc1. The molecule has 2 aromatic carbocycles. The first-order valence-electron chi connectivity index (χ1n) is 9.93. The number of anilines is 3. The molecule has 2 amide bonds. The fourth-order valence-corrected chi connectivity index (χ4v) is 3.39. The van der Waals surface area contributed by atoms with Gasteiger partial charge in [-0.05, 0) is 47.4 Å². The van der Waals surface area contributed by atoms with Crippen LogP contribution in [0.2, 0.25) is 0 Å². The maximum Gasteiger partial charge on any atom is 0.321 e. The normalized spacial score (nSPS) is 14.8. The highest BCUT2D eigenvalue weighted by atomic mass is 16.2. The molecule has 150 valence electrons. The predicted octanol–water partition coefficient (Wildman–Crippen LogP) is 4.40. The molecule has 0 unspecified atom stereocenters. The molecule has 1 heterocycles. The van der Waals surface area contributed by atoms with E-state index in [-0.39, 0.29) is 11.4 Å². The number of urea groups is 1. The van der Waals surface area contributed by atoms with Crippen molar-refractivity contribution in [1.82, 2.24) is 4.90 Å². The van der Waals surface area contributed by atoms with Crippen LogP contribution in [0.15, 0.2) is 48.5 Å². The summed E-state index contributed by atoms with van der Waals surface area (Å²) in [5, 5.41) is 3.01. The lowest BCUT2D eigenvalue weighted by molar-refractivity contribution is 0.208. The van der Waals surface area contributed by atoms with Crippen molar-refractivity contribution >= 4 is 23.1 Å². The highest BCUT2D eigenvalue weighted by Crippen LogP contribution is 2.25. The van der Waals surface area contributed by atoms with Crippen molar-refractivity contribution in [3.63, 3.8) is 0 Å². The van der Waals surface area contributed by atoms with Crippen LogP contribution >= 0.6 is 0 Å².